The van der Waals surface area contributed by atoms with Gasteiger partial charge in [0.25, 0.3) is 0 Å². The monoisotopic (exact) mass is 143 g/mol. The van der Waals surface area contributed by atoms with E-state index in [1.807, 2.05) is 17.8 Å². The summed E-state index contributed by atoms with van der Waals surface area (Å²) in [5, 5.41) is 5.18. The molecule has 2 heteroatoms. The van der Waals surface area contributed by atoms with Crippen molar-refractivity contribution >= 4 is 23.1 Å². The third-order valence-electron chi connectivity index (χ3n) is 0.834. The van der Waals surface area contributed by atoms with Crippen LogP contribution in [0.2, 0.25) is 0 Å². The predicted octanol–water partition coefficient (Wildman–Crippen LogP) is 2.41. The van der Waals surface area contributed by atoms with Crippen molar-refractivity contribution < 1.29 is 0 Å². The van der Waals surface area contributed by atoms with Crippen LogP contribution in [-0.2, 0) is 5.75 Å². The zero-order chi connectivity index (χ0) is 5.82. The van der Waals surface area contributed by atoms with Crippen LogP contribution < -0.4 is 0 Å². The molecule has 0 aliphatic carbocycles. The molecule has 1 aromatic heterocycles. The summed E-state index contributed by atoms with van der Waals surface area (Å²) in [6, 6.07) is 2.04. The van der Waals surface area contributed by atoms with Gasteiger partial charge in [-0.2, -0.15) is 11.8 Å². The van der Waals surface area contributed by atoms with Gasteiger partial charge >= 0.3 is 0 Å². The van der Waals surface area contributed by atoms with Crippen molar-refractivity contribution in [2.45, 2.75) is 5.75 Å². The first-order valence-electron chi connectivity index (χ1n) is 2.36. The second-order valence-corrected chi connectivity index (χ2v) is 3.08. The van der Waals surface area contributed by atoms with E-state index in [1.165, 1.54) is 5.56 Å². The van der Waals surface area contributed by atoms with Crippen LogP contribution in [0.15, 0.2) is 11.4 Å². The fraction of sp³-hybridized carbons (Fsp3) is 0.333. The Kier molecular flexibility index (Phi) is 2.43. The molecule has 0 unspecified atom stereocenters. The van der Waals surface area contributed by atoms with Crippen LogP contribution in [0.4, 0.5) is 0 Å². The Morgan fingerprint density at radius 2 is 2.75 bits per heavy atom. The van der Waals surface area contributed by atoms with E-state index < -0.39 is 0 Å². The molecule has 8 heavy (non-hydrogen) atoms. The maximum Gasteiger partial charge on any atom is 0.0445 e. The maximum atomic E-state index is 3.04. The van der Waals surface area contributed by atoms with Gasteiger partial charge in [0.15, 0.2) is 0 Å². The fourth-order valence-electron chi connectivity index (χ4n) is 0.496. The molecule has 1 radical (unpaired) electrons. The number of hydrogen-bond donors (Lipinski definition) is 0. The molecular formula is C6H7S2. The minimum atomic E-state index is 1.12. The number of hydrogen-bond acceptors (Lipinski definition) is 2. The molecule has 0 saturated heterocycles. The lowest BCUT2D eigenvalue weighted by atomic mass is 10.4. The van der Waals surface area contributed by atoms with Crippen molar-refractivity contribution in [2.24, 2.45) is 0 Å². The van der Waals surface area contributed by atoms with Crippen molar-refractivity contribution in [3.8, 4) is 0 Å². The Morgan fingerprint density at radius 3 is 3.25 bits per heavy atom. The van der Waals surface area contributed by atoms with Gasteiger partial charge in [-0.15, -0.1) is 11.3 Å². The molecule has 0 aliphatic rings. The van der Waals surface area contributed by atoms with E-state index in [2.05, 4.69) is 17.0 Å². The van der Waals surface area contributed by atoms with Crippen LogP contribution in [0.25, 0.3) is 0 Å². The molecular weight excluding hydrogens is 136 g/mol. The molecule has 0 atom stereocenters. The van der Waals surface area contributed by atoms with E-state index in [4.69, 9.17) is 0 Å². The van der Waals surface area contributed by atoms with E-state index in [-0.39, 0.29) is 0 Å². The molecule has 0 aliphatic heterocycles. The lowest BCUT2D eigenvalue weighted by Crippen LogP contribution is -1.68. The lowest BCUT2D eigenvalue weighted by Gasteiger charge is -1.86. The van der Waals surface area contributed by atoms with Crippen molar-refractivity contribution in [1.29, 1.82) is 0 Å². The lowest BCUT2D eigenvalue weighted by molar-refractivity contribution is 1.48. The summed E-state index contributed by atoms with van der Waals surface area (Å²) in [7, 11) is 0. The Hall–Kier alpha value is 0.0500. The van der Waals surface area contributed by atoms with Crippen LogP contribution in [0, 0.1) is 5.38 Å². The first-order chi connectivity index (χ1) is 3.93. The minimum Gasteiger partial charge on any atom is -0.161 e. The van der Waals surface area contributed by atoms with Gasteiger partial charge in [-0.3, -0.25) is 0 Å². The summed E-state index contributed by atoms with van der Waals surface area (Å²) in [6.45, 7) is 0. The van der Waals surface area contributed by atoms with Gasteiger partial charge in [0.05, 0.1) is 0 Å². The minimum absolute atomic E-state index is 1.12. The van der Waals surface area contributed by atoms with Crippen LogP contribution in [-0.4, -0.2) is 6.26 Å². The van der Waals surface area contributed by atoms with Gasteiger partial charge < -0.3 is 0 Å². The molecule has 43 valence electrons. The van der Waals surface area contributed by atoms with Crippen molar-refractivity contribution in [2.75, 3.05) is 6.26 Å². The summed E-state index contributed by atoms with van der Waals surface area (Å²) in [4.78, 5) is 0. The highest BCUT2D eigenvalue weighted by Gasteiger charge is 1.87. The maximum absolute atomic E-state index is 3.04. The highest BCUT2D eigenvalue weighted by Crippen LogP contribution is 2.11. The summed E-state index contributed by atoms with van der Waals surface area (Å²) in [5.41, 5.74) is 1.39. The standard InChI is InChI=1S/C6H7S2/c1-7-4-6-2-3-8-5-6/h2,5H,4H2,1H3. The van der Waals surface area contributed by atoms with Gasteiger partial charge in [0.1, 0.15) is 0 Å². The number of thiophene rings is 1. The second kappa shape index (κ2) is 3.15. The summed E-state index contributed by atoms with van der Waals surface area (Å²) in [6.07, 6.45) is 2.11. The molecule has 0 nitrogen and oxygen atoms in total. The number of thioether (sulfide) groups is 1. The highest BCUT2D eigenvalue weighted by molar-refractivity contribution is 7.97. The summed E-state index contributed by atoms with van der Waals surface area (Å²) < 4.78 is 0. The van der Waals surface area contributed by atoms with Crippen molar-refractivity contribution in [3.05, 3.63) is 22.4 Å². The summed E-state index contributed by atoms with van der Waals surface area (Å²) >= 11 is 3.49. The predicted molar refractivity (Wildman–Crippen MR) is 40.4 cm³/mol. The largest absolute Gasteiger partial charge is 0.161 e. The quantitative estimate of drug-likeness (QED) is 0.612. The van der Waals surface area contributed by atoms with Gasteiger partial charge in [-0.1, -0.05) is 0 Å². The topological polar surface area (TPSA) is 0 Å². The average molecular weight is 143 g/mol. The molecule has 0 bridgehead atoms. The summed E-state index contributed by atoms with van der Waals surface area (Å²) in [5.74, 6) is 1.12. The van der Waals surface area contributed by atoms with Gasteiger partial charge in [0.2, 0.25) is 0 Å². The van der Waals surface area contributed by atoms with E-state index >= 15 is 0 Å². The average Bonchev–Trinajstić information content (AvgIpc) is 2.19. The highest BCUT2D eigenvalue weighted by atomic mass is 32.2. The van der Waals surface area contributed by atoms with Crippen LogP contribution in [0.5, 0.6) is 0 Å². The normalized spacial score (nSPS) is 9.62. The fourth-order valence-corrected chi connectivity index (χ4v) is 1.69. The molecule has 0 spiro atoms. The van der Waals surface area contributed by atoms with E-state index in [9.17, 15) is 0 Å². The molecule has 1 rings (SSSR count). The first kappa shape index (κ1) is 6.17. The van der Waals surface area contributed by atoms with Crippen molar-refractivity contribution in [1.82, 2.24) is 0 Å². The molecule has 0 amide bonds. The Labute approximate surface area is 57.9 Å². The van der Waals surface area contributed by atoms with Crippen LogP contribution >= 0.6 is 23.1 Å². The first-order valence-corrected chi connectivity index (χ1v) is 4.63. The molecule has 1 aromatic rings. The van der Waals surface area contributed by atoms with Crippen LogP contribution in [0.1, 0.15) is 5.56 Å². The Morgan fingerprint density at radius 1 is 1.88 bits per heavy atom. The zero-order valence-corrected chi connectivity index (χ0v) is 6.31. The third kappa shape index (κ3) is 1.53. The van der Waals surface area contributed by atoms with Crippen molar-refractivity contribution in [3.63, 3.8) is 0 Å². The molecule has 1 heterocycles. The Balaban J connectivity index is 2.50. The third-order valence-corrected chi connectivity index (χ3v) is 2.13. The SMILES string of the molecule is CSCc1c[c]sc1. The Bertz CT molecular complexity index is 132. The van der Waals surface area contributed by atoms with Gasteiger partial charge in [-0.25, -0.2) is 0 Å². The molecule has 0 N–H and O–H groups in total. The molecule has 0 saturated carbocycles. The molecule has 0 aromatic carbocycles. The van der Waals surface area contributed by atoms with E-state index in [0.29, 0.717) is 0 Å². The number of rotatable bonds is 2. The van der Waals surface area contributed by atoms with E-state index in [0.717, 1.165) is 5.75 Å². The zero-order valence-electron chi connectivity index (χ0n) is 4.68. The van der Waals surface area contributed by atoms with Gasteiger partial charge in [-0.05, 0) is 23.3 Å². The van der Waals surface area contributed by atoms with E-state index in [1.54, 1.807) is 11.3 Å². The second-order valence-electron chi connectivity index (χ2n) is 1.51. The van der Waals surface area contributed by atoms with Gasteiger partial charge in [0, 0.05) is 11.1 Å². The van der Waals surface area contributed by atoms with Crippen LogP contribution in [0.3, 0.4) is 0 Å². The smallest absolute Gasteiger partial charge is 0.0445 e. The molecule has 0 fully saturated rings.